The molecule has 27 heavy (non-hydrogen) atoms. The van der Waals surface area contributed by atoms with Crippen molar-refractivity contribution >= 4 is 22.8 Å². The smallest absolute Gasteiger partial charge is 0.253 e. The number of nitrogens with zero attached hydrogens (tertiary/aromatic N) is 3. The summed E-state index contributed by atoms with van der Waals surface area (Å²) in [7, 11) is 0. The monoisotopic (exact) mass is 356 g/mol. The Morgan fingerprint density at radius 1 is 1.15 bits per heavy atom. The fourth-order valence-electron chi connectivity index (χ4n) is 2.96. The molecule has 0 aliphatic heterocycles. The Labute approximate surface area is 158 Å². The molecule has 1 N–H and O–H groups in total. The maximum absolute atomic E-state index is 12.5. The highest BCUT2D eigenvalue weighted by Gasteiger charge is 2.23. The van der Waals surface area contributed by atoms with Gasteiger partial charge in [-0.25, -0.2) is 9.97 Å². The average Bonchev–Trinajstić information content (AvgIpc) is 2.70. The van der Waals surface area contributed by atoms with E-state index in [1.165, 1.54) is 11.9 Å². The first-order chi connectivity index (χ1) is 13.0. The van der Waals surface area contributed by atoms with Gasteiger partial charge >= 0.3 is 0 Å². The van der Waals surface area contributed by atoms with Crippen molar-refractivity contribution in [1.82, 2.24) is 15.3 Å². The van der Waals surface area contributed by atoms with E-state index in [9.17, 15) is 4.79 Å². The lowest BCUT2D eigenvalue weighted by Crippen LogP contribution is -2.42. The summed E-state index contributed by atoms with van der Waals surface area (Å²) >= 11 is 0. The summed E-state index contributed by atoms with van der Waals surface area (Å²) in [5, 5.41) is 14.1. The summed E-state index contributed by atoms with van der Waals surface area (Å²) in [6, 6.07) is 13.9. The van der Waals surface area contributed by atoms with Crippen molar-refractivity contribution in [3.63, 3.8) is 0 Å². The van der Waals surface area contributed by atoms with Gasteiger partial charge in [0, 0.05) is 18.0 Å². The molecule has 1 aliphatic carbocycles. The second-order valence-corrected chi connectivity index (χ2v) is 6.74. The number of carbonyl (C=O) groups excluding carboxylic acids is 1. The molecule has 0 fully saturated rings. The maximum atomic E-state index is 12.5. The SMILES string of the molecule is CC(C)(C#N)NC(=O)c1ccc2cccc3c2c1C=CC3.c1cncnc1. The van der Waals surface area contributed by atoms with Crippen molar-refractivity contribution in [3.05, 3.63) is 77.9 Å². The van der Waals surface area contributed by atoms with E-state index >= 15 is 0 Å². The number of rotatable bonds is 2. The molecule has 1 aromatic heterocycles. The van der Waals surface area contributed by atoms with E-state index in [4.69, 9.17) is 5.26 Å². The number of nitriles is 1. The molecule has 0 saturated heterocycles. The number of amides is 1. The first-order valence-corrected chi connectivity index (χ1v) is 8.67. The van der Waals surface area contributed by atoms with Gasteiger partial charge in [-0.1, -0.05) is 36.4 Å². The molecule has 5 heteroatoms. The maximum Gasteiger partial charge on any atom is 0.253 e. The molecular weight excluding hydrogens is 336 g/mol. The van der Waals surface area contributed by atoms with E-state index in [1.54, 1.807) is 32.3 Å². The molecule has 0 spiro atoms. The minimum Gasteiger partial charge on any atom is -0.334 e. The Balaban J connectivity index is 0.000000299. The highest BCUT2D eigenvalue weighted by Crippen LogP contribution is 2.31. The predicted molar refractivity (Wildman–Crippen MR) is 106 cm³/mol. The summed E-state index contributed by atoms with van der Waals surface area (Å²) in [5.74, 6) is -0.209. The average molecular weight is 356 g/mol. The van der Waals surface area contributed by atoms with E-state index in [0.29, 0.717) is 5.56 Å². The van der Waals surface area contributed by atoms with Crippen LogP contribution in [-0.4, -0.2) is 21.4 Å². The predicted octanol–water partition coefficient (Wildman–Crippen LogP) is 3.92. The zero-order chi connectivity index (χ0) is 19.3. The van der Waals surface area contributed by atoms with Gasteiger partial charge < -0.3 is 5.32 Å². The highest BCUT2D eigenvalue weighted by atomic mass is 16.1. The molecule has 1 amide bonds. The summed E-state index contributed by atoms with van der Waals surface area (Å²) in [5.41, 5.74) is 1.92. The Morgan fingerprint density at radius 2 is 1.93 bits per heavy atom. The molecule has 3 aromatic rings. The molecule has 4 rings (SSSR count). The van der Waals surface area contributed by atoms with Crippen LogP contribution in [0.1, 0.15) is 35.3 Å². The second kappa shape index (κ2) is 7.79. The molecule has 134 valence electrons. The van der Waals surface area contributed by atoms with Gasteiger partial charge in [0.25, 0.3) is 5.91 Å². The summed E-state index contributed by atoms with van der Waals surface area (Å²) in [4.78, 5) is 19.8. The van der Waals surface area contributed by atoms with Gasteiger partial charge in [0.05, 0.1) is 6.07 Å². The van der Waals surface area contributed by atoms with Crippen molar-refractivity contribution in [2.24, 2.45) is 0 Å². The third kappa shape index (κ3) is 4.18. The van der Waals surface area contributed by atoms with Crippen LogP contribution in [0.15, 0.2) is 61.2 Å². The summed E-state index contributed by atoms with van der Waals surface area (Å²) < 4.78 is 0. The molecule has 0 radical (unpaired) electrons. The van der Waals surface area contributed by atoms with Crippen LogP contribution in [0.4, 0.5) is 0 Å². The lowest BCUT2D eigenvalue weighted by molar-refractivity contribution is 0.0929. The van der Waals surface area contributed by atoms with Crippen molar-refractivity contribution in [3.8, 4) is 6.07 Å². The topological polar surface area (TPSA) is 78.7 Å². The van der Waals surface area contributed by atoms with Crippen molar-refractivity contribution in [1.29, 1.82) is 5.26 Å². The number of hydrogen-bond donors (Lipinski definition) is 1. The second-order valence-electron chi connectivity index (χ2n) is 6.74. The van der Waals surface area contributed by atoms with Gasteiger partial charge in [-0.15, -0.1) is 0 Å². The number of aromatic nitrogens is 2. The van der Waals surface area contributed by atoms with Crippen LogP contribution in [0.5, 0.6) is 0 Å². The van der Waals surface area contributed by atoms with Crippen molar-refractivity contribution < 1.29 is 4.79 Å². The fraction of sp³-hybridized carbons (Fsp3) is 0.182. The van der Waals surface area contributed by atoms with E-state index in [0.717, 1.165) is 22.8 Å². The zero-order valence-electron chi connectivity index (χ0n) is 15.3. The third-order valence-electron chi connectivity index (χ3n) is 4.22. The molecule has 0 atom stereocenters. The normalized spacial score (nSPS) is 11.9. The number of nitrogens with one attached hydrogen (secondary N) is 1. The molecular formula is C22H20N4O. The standard InChI is InChI=1S/C18H16N2O.C4H4N2/c1-18(2,11-19)20-17(21)15-10-9-13-6-3-5-12-7-4-8-14(15)16(12)13;1-2-5-4-6-3-1/h3-6,8-10H,7H2,1-2H3,(H,20,21);1-4H. The Morgan fingerprint density at radius 3 is 2.56 bits per heavy atom. The first-order valence-electron chi connectivity index (χ1n) is 8.67. The lowest BCUT2D eigenvalue weighted by Gasteiger charge is -2.20. The van der Waals surface area contributed by atoms with Crippen molar-refractivity contribution in [2.45, 2.75) is 25.8 Å². The molecule has 1 heterocycles. The molecule has 0 bridgehead atoms. The Bertz CT molecular complexity index is 1010. The molecule has 0 unspecified atom stereocenters. The van der Waals surface area contributed by atoms with Crippen LogP contribution >= 0.6 is 0 Å². The zero-order valence-corrected chi connectivity index (χ0v) is 15.3. The van der Waals surface area contributed by atoms with Gasteiger partial charge in [0.2, 0.25) is 0 Å². The number of benzene rings is 2. The molecule has 0 saturated carbocycles. The highest BCUT2D eigenvalue weighted by molar-refractivity contribution is 6.07. The molecule has 5 nitrogen and oxygen atoms in total. The molecule has 2 aromatic carbocycles. The van der Waals surface area contributed by atoms with Gasteiger partial charge in [-0.2, -0.15) is 5.26 Å². The third-order valence-corrected chi connectivity index (χ3v) is 4.22. The number of hydrogen-bond acceptors (Lipinski definition) is 4. The van der Waals surface area contributed by atoms with E-state index in [-0.39, 0.29) is 5.91 Å². The Hall–Kier alpha value is -3.52. The van der Waals surface area contributed by atoms with Crippen LogP contribution in [0, 0.1) is 11.3 Å². The van der Waals surface area contributed by atoms with Crippen LogP contribution in [-0.2, 0) is 6.42 Å². The minimum atomic E-state index is -0.878. The quantitative estimate of drug-likeness (QED) is 0.755. The number of allylic oxidation sites excluding steroid dienone is 1. The lowest BCUT2D eigenvalue weighted by atomic mass is 9.89. The van der Waals surface area contributed by atoms with Gasteiger partial charge in [0.15, 0.2) is 0 Å². The fourth-order valence-corrected chi connectivity index (χ4v) is 2.96. The van der Waals surface area contributed by atoms with E-state index in [2.05, 4.69) is 39.6 Å². The Kier molecular flexibility index (Phi) is 5.28. The summed E-state index contributed by atoms with van der Waals surface area (Å²) in [6.07, 6.45) is 9.84. The van der Waals surface area contributed by atoms with E-state index in [1.807, 2.05) is 24.3 Å². The summed E-state index contributed by atoms with van der Waals surface area (Å²) in [6.45, 7) is 3.39. The van der Waals surface area contributed by atoms with Crippen LogP contribution in [0.3, 0.4) is 0 Å². The largest absolute Gasteiger partial charge is 0.334 e. The van der Waals surface area contributed by atoms with Crippen LogP contribution < -0.4 is 5.32 Å². The van der Waals surface area contributed by atoms with Crippen molar-refractivity contribution in [2.75, 3.05) is 0 Å². The molecule has 1 aliphatic rings. The van der Waals surface area contributed by atoms with Crippen LogP contribution in [0.2, 0.25) is 0 Å². The van der Waals surface area contributed by atoms with Gasteiger partial charge in [0.1, 0.15) is 11.9 Å². The van der Waals surface area contributed by atoms with Crippen LogP contribution in [0.25, 0.3) is 16.8 Å². The van der Waals surface area contributed by atoms with Gasteiger partial charge in [-0.3, -0.25) is 4.79 Å². The number of carbonyl (C=O) groups is 1. The van der Waals surface area contributed by atoms with E-state index < -0.39 is 5.54 Å². The van der Waals surface area contributed by atoms with Gasteiger partial charge in [-0.05, 0) is 54.3 Å². The minimum absolute atomic E-state index is 0.209. The first kappa shape index (κ1) is 18.3.